The summed E-state index contributed by atoms with van der Waals surface area (Å²) in [4.78, 5) is 27.7. The molecule has 0 bridgehead atoms. The van der Waals surface area contributed by atoms with Gasteiger partial charge >= 0.3 is 6.03 Å². The van der Waals surface area contributed by atoms with E-state index in [0.717, 1.165) is 25.7 Å². The zero-order valence-corrected chi connectivity index (χ0v) is 17.7. The third-order valence-corrected chi connectivity index (χ3v) is 6.96. The van der Waals surface area contributed by atoms with Crippen molar-refractivity contribution in [3.8, 4) is 0 Å². The van der Waals surface area contributed by atoms with Gasteiger partial charge in [0, 0.05) is 19.3 Å². The first-order valence-electron chi connectivity index (χ1n) is 10.6. The van der Waals surface area contributed by atoms with Gasteiger partial charge in [0.25, 0.3) is 0 Å². The molecule has 2 aliphatic rings. The molecule has 1 heterocycles. The van der Waals surface area contributed by atoms with E-state index in [1.807, 2.05) is 6.07 Å². The second-order valence-corrected chi connectivity index (χ2v) is 8.78. The number of urea groups is 1. The van der Waals surface area contributed by atoms with E-state index in [1.165, 1.54) is 16.8 Å². The van der Waals surface area contributed by atoms with Gasteiger partial charge in [0.2, 0.25) is 5.91 Å². The number of amides is 3. The molecule has 0 aromatic heterocycles. The molecule has 3 amide bonds. The summed E-state index contributed by atoms with van der Waals surface area (Å²) in [5.41, 5.74) is 8.64. The Morgan fingerprint density at radius 3 is 2.33 bits per heavy atom. The summed E-state index contributed by atoms with van der Waals surface area (Å²) in [5, 5.41) is 3.16. The fourth-order valence-corrected chi connectivity index (χ4v) is 5.26. The summed E-state index contributed by atoms with van der Waals surface area (Å²) in [6.45, 7) is 2.65. The highest BCUT2D eigenvalue weighted by molar-refractivity contribution is 5.85. The van der Waals surface area contributed by atoms with E-state index in [4.69, 9.17) is 5.73 Å². The molecule has 6 heteroatoms. The highest BCUT2D eigenvalue weighted by atomic mass is 16.2. The van der Waals surface area contributed by atoms with E-state index in [0.29, 0.717) is 6.54 Å². The average molecular weight is 407 g/mol. The molecule has 1 saturated carbocycles. The monoisotopic (exact) mass is 406 g/mol. The molecule has 2 aromatic carbocycles. The number of para-hydroxylation sites is 1. The summed E-state index contributed by atoms with van der Waals surface area (Å²) < 4.78 is 0. The molecule has 4 rings (SSSR count). The van der Waals surface area contributed by atoms with Crippen molar-refractivity contribution in [3.05, 3.63) is 65.7 Å². The van der Waals surface area contributed by atoms with Crippen LogP contribution in [0.25, 0.3) is 0 Å². The lowest BCUT2D eigenvalue weighted by Crippen LogP contribution is -2.55. The summed E-state index contributed by atoms with van der Waals surface area (Å²) in [6.07, 6.45) is 3.51. The largest absolute Gasteiger partial charge is 0.368 e. The number of hydrogen-bond donors (Lipinski definition) is 2. The minimum atomic E-state index is -0.476. The minimum Gasteiger partial charge on any atom is -0.368 e. The van der Waals surface area contributed by atoms with E-state index in [-0.39, 0.29) is 23.7 Å². The standard InChI is InChI=1S/C24H30N4O2/c1-18-8-6-7-11-20(18)27(2)24(19-9-4-3-5-10-19)14-12-23(13-15-24)17-28(16-21(25)29)22(30)26-23/h3-11H,12-17H2,1-2H3,(H2,25,29)(H,26,30). The van der Waals surface area contributed by atoms with Crippen LogP contribution in [-0.2, 0) is 10.3 Å². The first-order valence-corrected chi connectivity index (χ1v) is 10.6. The van der Waals surface area contributed by atoms with E-state index in [2.05, 4.69) is 72.7 Å². The van der Waals surface area contributed by atoms with Gasteiger partial charge in [-0.2, -0.15) is 0 Å². The number of carbonyl (C=O) groups is 2. The molecule has 1 spiro atoms. The molecule has 3 N–H and O–H groups in total. The lowest BCUT2D eigenvalue weighted by molar-refractivity contribution is -0.118. The molecule has 158 valence electrons. The molecule has 30 heavy (non-hydrogen) atoms. The Morgan fingerprint density at radius 1 is 1.07 bits per heavy atom. The molecular weight excluding hydrogens is 376 g/mol. The molecule has 0 atom stereocenters. The molecular formula is C24H30N4O2. The zero-order valence-electron chi connectivity index (χ0n) is 17.7. The second-order valence-electron chi connectivity index (χ2n) is 8.78. The van der Waals surface area contributed by atoms with Crippen molar-refractivity contribution in [1.29, 1.82) is 0 Å². The predicted octanol–water partition coefficient (Wildman–Crippen LogP) is 3.15. The fourth-order valence-electron chi connectivity index (χ4n) is 5.26. The number of benzene rings is 2. The van der Waals surface area contributed by atoms with Crippen LogP contribution >= 0.6 is 0 Å². The van der Waals surface area contributed by atoms with Gasteiger partial charge in [0.1, 0.15) is 6.54 Å². The summed E-state index contributed by atoms with van der Waals surface area (Å²) >= 11 is 0. The smallest absolute Gasteiger partial charge is 0.318 e. The number of primary amides is 1. The number of nitrogens with one attached hydrogen (secondary N) is 1. The number of hydrogen-bond acceptors (Lipinski definition) is 3. The first-order chi connectivity index (χ1) is 14.4. The SMILES string of the molecule is Cc1ccccc1N(C)C1(c2ccccc2)CCC2(CC1)CN(CC(N)=O)C(=O)N2. The maximum absolute atomic E-state index is 12.4. The minimum absolute atomic E-state index is 0.0273. The zero-order chi connectivity index (χ0) is 21.4. The van der Waals surface area contributed by atoms with Gasteiger partial charge < -0.3 is 20.9 Å². The Labute approximate surface area is 178 Å². The highest BCUT2D eigenvalue weighted by Gasteiger charge is 2.50. The summed E-state index contributed by atoms with van der Waals surface area (Å²) in [6, 6.07) is 18.9. The lowest BCUT2D eigenvalue weighted by atomic mass is 9.68. The lowest BCUT2D eigenvalue weighted by Gasteiger charge is -2.51. The van der Waals surface area contributed by atoms with Gasteiger partial charge in [-0.3, -0.25) is 4.79 Å². The molecule has 1 aliphatic carbocycles. The van der Waals surface area contributed by atoms with Crippen LogP contribution in [0.3, 0.4) is 0 Å². The summed E-state index contributed by atoms with van der Waals surface area (Å²) in [7, 11) is 2.18. The van der Waals surface area contributed by atoms with E-state index in [1.54, 1.807) is 4.90 Å². The number of nitrogens with two attached hydrogens (primary N) is 1. The number of anilines is 1. The Morgan fingerprint density at radius 2 is 1.70 bits per heavy atom. The third kappa shape index (κ3) is 3.51. The van der Waals surface area contributed by atoms with Crippen LogP contribution in [0.2, 0.25) is 0 Å². The Kier molecular flexibility index (Phi) is 5.18. The van der Waals surface area contributed by atoms with Crippen molar-refractivity contribution < 1.29 is 9.59 Å². The number of aryl methyl sites for hydroxylation is 1. The van der Waals surface area contributed by atoms with Gasteiger partial charge in [-0.25, -0.2) is 4.79 Å². The topological polar surface area (TPSA) is 78.7 Å². The second kappa shape index (κ2) is 7.67. The van der Waals surface area contributed by atoms with Crippen LogP contribution in [0, 0.1) is 6.92 Å². The maximum Gasteiger partial charge on any atom is 0.318 e. The fraction of sp³-hybridized carbons (Fsp3) is 0.417. The Bertz CT molecular complexity index is 935. The molecule has 6 nitrogen and oxygen atoms in total. The predicted molar refractivity (Wildman–Crippen MR) is 118 cm³/mol. The van der Waals surface area contributed by atoms with Crippen molar-refractivity contribution in [2.45, 2.75) is 43.7 Å². The van der Waals surface area contributed by atoms with Crippen LogP contribution in [-0.4, -0.2) is 42.5 Å². The number of carbonyl (C=O) groups excluding carboxylic acids is 2. The van der Waals surface area contributed by atoms with Crippen molar-refractivity contribution in [3.63, 3.8) is 0 Å². The number of rotatable bonds is 5. The van der Waals surface area contributed by atoms with Gasteiger partial charge in [-0.1, -0.05) is 48.5 Å². The normalized spacial score (nSPS) is 25.9. The van der Waals surface area contributed by atoms with Crippen LogP contribution in [0.4, 0.5) is 10.5 Å². The van der Waals surface area contributed by atoms with Gasteiger partial charge in [-0.15, -0.1) is 0 Å². The maximum atomic E-state index is 12.4. The molecule has 0 radical (unpaired) electrons. The Balaban J connectivity index is 1.64. The first kappa shape index (κ1) is 20.3. The van der Waals surface area contributed by atoms with Crippen molar-refractivity contribution in [1.82, 2.24) is 10.2 Å². The van der Waals surface area contributed by atoms with Crippen molar-refractivity contribution >= 4 is 17.6 Å². The summed E-state index contributed by atoms with van der Waals surface area (Å²) in [5.74, 6) is -0.476. The molecule has 0 unspecified atom stereocenters. The van der Waals surface area contributed by atoms with Gasteiger partial charge in [-0.05, 0) is 49.8 Å². The van der Waals surface area contributed by atoms with Crippen LogP contribution in [0.1, 0.15) is 36.8 Å². The van der Waals surface area contributed by atoms with Crippen molar-refractivity contribution in [2.24, 2.45) is 5.73 Å². The molecule has 2 aromatic rings. The third-order valence-electron chi connectivity index (χ3n) is 6.96. The molecule has 1 aliphatic heterocycles. The van der Waals surface area contributed by atoms with Crippen LogP contribution in [0.15, 0.2) is 54.6 Å². The van der Waals surface area contributed by atoms with Gasteiger partial charge in [0.05, 0.1) is 11.1 Å². The quantitative estimate of drug-likeness (QED) is 0.801. The van der Waals surface area contributed by atoms with E-state index in [9.17, 15) is 9.59 Å². The Hall–Kier alpha value is -3.02. The van der Waals surface area contributed by atoms with Crippen LogP contribution < -0.4 is 16.0 Å². The number of nitrogens with zero attached hydrogens (tertiary/aromatic N) is 2. The molecule has 1 saturated heterocycles. The van der Waals surface area contributed by atoms with Crippen molar-refractivity contribution in [2.75, 3.05) is 25.0 Å². The van der Waals surface area contributed by atoms with Gasteiger partial charge in [0.15, 0.2) is 0 Å². The highest BCUT2D eigenvalue weighted by Crippen LogP contribution is 2.48. The van der Waals surface area contributed by atoms with Crippen LogP contribution in [0.5, 0.6) is 0 Å². The van der Waals surface area contributed by atoms with E-state index < -0.39 is 5.91 Å². The average Bonchev–Trinajstić information content (AvgIpc) is 3.03. The molecule has 2 fully saturated rings. The van der Waals surface area contributed by atoms with E-state index >= 15 is 0 Å².